The number of hydrogen-bond acceptors (Lipinski definition) is 5. The quantitative estimate of drug-likeness (QED) is 0.342. The topological polar surface area (TPSA) is 84.9 Å². The van der Waals surface area contributed by atoms with Crippen LogP contribution in [0.3, 0.4) is 0 Å². The Morgan fingerprint density at radius 3 is 2.53 bits per heavy atom. The Hall–Kier alpha value is -3.29. The third-order valence-electron chi connectivity index (χ3n) is 4.47. The van der Waals surface area contributed by atoms with Gasteiger partial charge in [0.15, 0.2) is 11.5 Å². The highest BCUT2D eigenvalue weighted by Gasteiger charge is 2.34. The number of carbonyl (C=O) groups excluding carboxylic acids is 3. The molecule has 0 spiro atoms. The largest absolute Gasteiger partial charge is 0.490 e. The number of rotatable bonds is 8. The molecule has 0 aromatic heterocycles. The van der Waals surface area contributed by atoms with E-state index in [1.807, 2.05) is 6.92 Å². The monoisotopic (exact) mass is 474 g/mol. The van der Waals surface area contributed by atoms with E-state index in [-0.39, 0.29) is 18.7 Å². The maximum Gasteiger partial charge on any atom is 0.331 e. The maximum atomic E-state index is 12.6. The molecule has 1 saturated heterocycles. The lowest BCUT2D eigenvalue weighted by Crippen LogP contribution is -2.54. The first-order valence-corrected chi connectivity index (χ1v) is 10.4. The van der Waals surface area contributed by atoms with Crippen molar-refractivity contribution in [2.45, 2.75) is 13.5 Å². The van der Waals surface area contributed by atoms with Crippen LogP contribution in [-0.2, 0) is 16.2 Å². The minimum absolute atomic E-state index is 0.0144. The van der Waals surface area contributed by atoms with Crippen molar-refractivity contribution in [3.8, 4) is 11.5 Å². The number of nitrogens with one attached hydrogen (secondary N) is 1. The van der Waals surface area contributed by atoms with Gasteiger partial charge in [0, 0.05) is 22.2 Å². The molecule has 1 N–H and O–H groups in total. The summed E-state index contributed by atoms with van der Waals surface area (Å²) in [6.45, 7) is 5.89. The predicted molar refractivity (Wildman–Crippen MR) is 122 cm³/mol. The predicted octanol–water partition coefficient (Wildman–Crippen LogP) is 4.62. The van der Waals surface area contributed by atoms with E-state index in [2.05, 4.69) is 11.9 Å². The molecule has 0 radical (unpaired) electrons. The fraction of sp³-hybridized carbons (Fsp3) is 0.174. The number of barbiturate groups is 1. The zero-order valence-electron chi connectivity index (χ0n) is 17.2. The average Bonchev–Trinajstić information content (AvgIpc) is 2.75. The van der Waals surface area contributed by atoms with Gasteiger partial charge in [-0.1, -0.05) is 41.4 Å². The van der Waals surface area contributed by atoms with Crippen molar-refractivity contribution in [2.75, 3.05) is 13.2 Å². The van der Waals surface area contributed by atoms with Crippen molar-refractivity contribution in [1.82, 2.24) is 10.2 Å². The van der Waals surface area contributed by atoms with E-state index in [9.17, 15) is 14.4 Å². The van der Waals surface area contributed by atoms with E-state index in [1.54, 1.807) is 36.4 Å². The maximum absolute atomic E-state index is 12.6. The normalized spacial score (nSPS) is 15.0. The molecule has 2 aromatic rings. The highest BCUT2D eigenvalue weighted by molar-refractivity contribution is 6.35. The van der Waals surface area contributed by atoms with E-state index in [4.69, 9.17) is 32.7 Å². The molecule has 0 bridgehead atoms. The zero-order valence-corrected chi connectivity index (χ0v) is 18.7. The zero-order chi connectivity index (χ0) is 23.3. The van der Waals surface area contributed by atoms with Gasteiger partial charge in [0.1, 0.15) is 12.2 Å². The summed E-state index contributed by atoms with van der Waals surface area (Å²) in [6, 6.07) is 9.32. The summed E-state index contributed by atoms with van der Waals surface area (Å²) in [5.74, 6) is -0.581. The van der Waals surface area contributed by atoms with Crippen LogP contribution in [0, 0.1) is 0 Å². The Balaban J connectivity index is 1.86. The van der Waals surface area contributed by atoms with Gasteiger partial charge >= 0.3 is 6.03 Å². The molecule has 1 heterocycles. The van der Waals surface area contributed by atoms with Gasteiger partial charge in [-0.05, 0) is 42.8 Å². The molecule has 32 heavy (non-hydrogen) atoms. The number of ether oxygens (including phenoxy) is 2. The summed E-state index contributed by atoms with van der Waals surface area (Å²) in [6.07, 6.45) is 2.79. The number of amides is 4. The second-order valence-electron chi connectivity index (χ2n) is 6.69. The van der Waals surface area contributed by atoms with Crippen molar-refractivity contribution < 1.29 is 23.9 Å². The van der Waals surface area contributed by atoms with Gasteiger partial charge in [-0.25, -0.2) is 4.79 Å². The molecule has 1 aliphatic rings. The van der Waals surface area contributed by atoms with Crippen molar-refractivity contribution in [3.63, 3.8) is 0 Å². The lowest BCUT2D eigenvalue weighted by atomic mass is 10.1. The van der Waals surface area contributed by atoms with Crippen LogP contribution in [0.25, 0.3) is 6.08 Å². The smallest absolute Gasteiger partial charge is 0.331 e. The third kappa shape index (κ3) is 5.30. The van der Waals surface area contributed by atoms with Crippen LogP contribution in [-0.4, -0.2) is 35.9 Å². The van der Waals surface area contributed by atoms with Gasteiger partial charge < -0.3 is 9.47 Å². The molecule has 0 unspecified atom stereocenters. The van der Waals surface area contributed by atoms with Crippen LogP contribution in [0.4, 0.5) is 4.79 Å². The van der Waals surface area contributed by atoms with Gasteiger partial charge in [0.2, 0.25) is 0 Å². The fourth-order valence-corrected chi connectivity index (χ4v) is 3.41. The molecule has 9 heteroatoms. The van der Waals surface area contributed by atoms with E-state index in [0.29, 0.717) is 33.7 Å². The van der Waals surface area contributed by atoms with Gasteiger partial charge in [-0.2, -0.15) is 0 Å². The van der Waals surface area contributed by atoms with Crippen LogP contribution in [0.5, 0.6) is 11.5 Å². The van der Waals surface area contributed by atoms with Crippen molar-refractivity contribution in [1.29, 1.82) is 0 Å². The number of nitrogens with zero attached hydrogens (tertiary/aromatic N) is 1. The number of benzene rings is 2. The van der Waals surface area contributed by atoms with Crippen LogP contribution < -0.4 is 14.8 Å². The van der Waals surface area contributed by atoms with E-state index in [0.717, 1.165) is 10.5 Å². The number of halogens is 2. The summed E-state index contributed by atoms with van der Waals surface area (Å²) in [5, 5.41) is 3.16. The number of hydrogen-bond donors (Lipinski definition) is 1. The minimum Gasteiger partial charge on any atom is -0.490 e. The Morgan fingerprint density at radius 1 is 1.06 bits per heavy atom. The Kier molecular flexibility index (Phi) is 7.56. The first kappa shape index (κ1) is 23.4. The Labute approximate surface area is 195 Å². The number of urea groups is 1. The molecular formula is C23H20Cl2N2O5. The van der Waals surface area contributed by atoms with Crippen LogP contribution in [0.1, 0.15) is 18.1 Å². The number of imide groups is 2. The molecule has 4 amide bonds. The molecular weight excluding hydrogens is 455 g/mol. The van der Waals surface area contributed by atoms with Crippen molar-refractivity contribution in [2.24, 2.45) is 0 Å². The summed E-state index contributed by atoms with van der Waals surface area (Å²) < 4.78 is 11.5. The van der Waals surface area contributed by atoms with E-state index < -0.39 is 17.8 Å². The molecule has 7 nitrogen and oxygen atoms in total. The first-order valence-electron chi connectivity index (χ1n) is 9.67. The lowest BCUT2D eigenvalue weighted by molar-refractivity contribution is -0.129. The molecule has 1 fully saturated rings. The van der Waals surface area contributed by atoms with Crippen LogP contribution in [0.2, 0.25) is 10.0 Å². The molecule has 3 rings (SSSR count). The van der Waals surface area contributed by atoms with E-state index in [1.165, 1.54) is 12.2 Å². The molecule has 166 valence electrons. The molecule has 2 aromatic carbocycles. The van der Waals surface area contributed by atoms with Gasteiger partial charge in [0.05, 0.1) is 6.61 Å². The summed E-state index contributed by atoms with van der Waals surface area (Å²) in [5.41, 5.74) is 1.11. The summed E-state index contributed by atoms with van der Waals surface area (Å²) in [4.78, 5) is 37.6. The second-order valence-corrected chi connectivity index (χ2v) is 7.53. The standard InChI is InChI=1S/C23H20Cl2N2O5/c1-3-9-27-22(29)17(21(28)26-23(27)30)10-14-5-8-19(20(11-14)31-4-2)32-13-15-6-7-16(24)12-18(15)25/h3,5-8,10-12H,1,4,9,13H2,2H3,(H,26,28,30)/b17-10-. The van der Waals surface area contributed by atoms with Crippen LogP contribution >= 0.6 is 23.2 Å². The van der Waals surface area contributed by atoms with Gasteiger partial charge in [-0.15, -0.1) is 6.58 Å². The highest BCUT2D eigenvalue weighted by Crippen LogP contribution is 2.31. The Morgan fingerprint density at radius 2 is 1.84 bits per heavy atom. The molecule has 0 aliphatic carbocycles. The minimum atomic E-state index is -0.781. The SMILES string of the molecule is C=CCN1C(=O)NC(=O)/C(=C/c2ccc(OCc3ccc(Cl)cc3Cl)c(OCC)c2)C1=O. The van der Waals surface area contributed by atoms with Gasteiger partial charge in [-0.3, -0.25) is 19.8 Å². The summed E-state index contributed by atoms with van der Waals surface area (Å²) >= 11 is 12.1. The summed E-state index contributed by atoms with van der Waals surface area (Å²) in [7, 11) is 0. The third-order valence-corrected chi connectivity index (χ3v) is 5.06. The van der Waals surface area contributed by atoms with Crippen molar-refractivity contribution in [3.05, 3.63) is 75.8 Å². The van der Waals surface area contributed by atoms with E-state index >= 15 is 0 Å². The second kappa shape index (κ2) is 10.3. The lowest BCUT2D eigenvalue weighted by Gasteiger charge is -2.25. The molecule has 0 atom stereocenters. The first-order chi connectivity index (χ1) is 15.3. The highest BCUT2D eigenvalue weighted by atomic mass is 35.5. The molecule has 1 aliphatic heterocycles. The Bertz CT molecular complexity index is 1110. The van der Waals surface area contributed by atoms with Gasteiger partial charge in [0.25, 0.3) is 11.8 Å². The van der Waals surface area contributed by atoms with Crippen LogP contribution in [0.15, 0.2) is 54.6 Å². The van der Waals surface area contributed by atoms with Crippen molar-refractivity contribution >= 4 is 47.1 Å². The molecule has 0 saturated carbocycles. The fourth-order valence-electron chi connectivity index (χ4n) is 2.95. The number of carbonyl (C=O) groups is 3. The average molecular weight is 475 g/mol.